The van der Waals surface area contributed by atoms with Crippen molar-refractivity contribution in [3.63, 3.8) is 0 Å². The quantitative estimate of drug-likeness (QED) is 0.774. The molecule has 0 unspecified atom stereocenters. The van der Waals surface area contributed by atoms with Gasteiger partial charge >= 0.3 is 0 Å². The number of para-hydroxylation sites is 1. The van der Waals surface area contributed by atoms with Crippen molar-refractivity contribution in [2.24, 2.45) is 10.8 Å². The van der Waals surface area contributed by atoms with Gasteiger partial charge < -0.3 is 5.32 Å². The molecule has 1 aromatic carbocycles. The van der Waals surface area contributed by atoms with Crippen molar-refractivity contribution in [2.45, 2.75) is 40.5 Å². The van der Waals surface area contributed by atoms with E-state index in [1.54, 1.807) is 0 Å². The first-order valence-electron chi connectivity index (χ1n) is 6.82. The van der Waals surface area contributed by atoms with E-state index in [1.165, 1.54) is 23.2 Å². The van der Waals surface area contributed by atoms with Gasteiger partial charge in [-0.2, -0.15) is 0 Å². The van der Waals surface area contributed by atoms with E-state index in [9.17, 15) is 0 Å². The summed E-state index contributed by atoms with van der Waals surface area (Å²) < 4.78 is 0. The molecular formula is C17H25N. The molecule has 1 N–H and O–H groups in total. The molecule has 1 aliphatic rings. The second kappa shape index (κ2) is 4.46. The zero-order valence-electron chi connectivity index (χ0n) is 12.3. The second-order valence-corrected chi connectivity index (χ2v) is 6.97. The molecule has 18 heavy (non-hydrogen) atoms. The largest absolute Gasteiger partial charge is 0.388 e. The molecule has 0 aromatic heterocycles. The van der Waals surface area contributed by atoms with Crippen molar-refractivity contribution in [2.75, 3.05) is 12.4 Å². The van der Waals surface area contributed by atoms with Gasteiger partial charge in [0.1, 0.15) is 0 Å². The van der Waals surface area contributed by atoms with Crippen LogP contribution in [0.4, 0.5) is 5.69 Å². The minimum absolute atomic E-state index is 0.290. The summed E-state index contributed by atoms with van der Waals surface area (Å²) in [4.78, 5) is 0. The number of allylic oxidation sites excluding steroid dienone is 2. The van der Waals surface area contributed by atoms with Gasteiger partial charge in [-0.3, -0.25) is 0 Å². The molecule has 98 valence electrons. The van der Waals surface area contributed by atoms with Crippen LogP contribution in [0.25, 0.3) is 5.57 Å². The van der Waals surface area contributed by atoms with Crippen LogP contribution in [-0.4, -0.2) is 7.05 Å². The van der Waals surface area contributed by atoms with Crippen LogP contribution < -0.4 is 5.32 Å². The molecule has 0 saturated carbocycles. The Kier molecular flexibility index (Phi) is 3.27. The first kappa shape index (κ1) is 13.2. The van der Waals surface area contributed by atoms with E-state index < -0.39 is 0 Å². The Bertz CT molecular complexity index is 466. The predicted octanol–water partition coefficient (Wildman–Crippen LogP) is 4.96. The average molecular weight is 243 g/mol. The van der Waals surface area contributed by atoms with Crippen LogP contribution in [0.1, 0.15) is 46.1 Å². The molecule has 1 nitrogen and oxygen atoms in total. The monoisotopic (exact) mass is 243 g/mol. The van der Waals surface area contributed by atoms with Crippen LogP contribution in [0, 0.1) is 10.8 Å². The van der Waals surface area contributed by atoms with Crippen LogP contribution in [0.15, 0.2) is 30.3 Å². The average Bonchev–Trinajstić information content (AvgIpc) is 2.24. The van der Waals surface area contributed by atoms with Gasteiger partial charge in [-0.05, 0) is 35.3 Å². The van der Waals surface area contributed by atoms with E-state index in [0.717, 1.165) is 6.42 Å². The standard InChI is InChI=1S/C17H25N/c1-16(2)10-13(11-17(3,4)12-16)14-8-6-7-9-15(14)18-5/h6-10,18H,11-12H2,1-5H3. The fourth-order valence-electron chi connectivity index (χ4n) is 3.54. The molecule has 0 spiro atoms. The highest BCUT2D eigenvalue weighted by Crippen LogP contribution is 2.48. The Balaban J connectivity index is 2.46. The summed E-state index contributed by atoms with van der Waals surface area (Å²) >= 11 is 0. The maximum absolute atomic E-state index is 3.31. The summed E-state index contributed by atoms with van der Waals surface area (Å²) in [6.07, 6.45) is 4.88. The Hall–Kier alpha value is -1.24. The number of nitrogens with one attached hydrogen (secondary N) is 1. The van der Waals surface area contributed by atoms with Crippen molar-refractivity contribution in [3.8, 4) is 0 Å². The third kappa shape index (κ3) is 2.77. The first-order chi connectivity index (χ1) is 8.33. The number of rotatable bonds is 2. The molecule has 0 radical (unpaired) electrons. The molecule has 1 aliphatic carbocycles. The lowest BCUT2D eigenvalue weighted by Crippen LogP contribution is -2.26. The first-order valence-corrected chi connectivity index (χ1v) is 6.82. The molecule has 0 fully saturated rings. The smallest absolute Gasteiger partial charge is 0.0413 e. The Morgan fingerprint density at radius 2 is 1.72 bits per heavy atom. The Labute approximate surface area is 111 Å². The van der Waals surface area contributed by atoms with Crippen LogP contribution in [-0.2, 0) is 0 Å². The molecule has 0 heterocycles. The van der Waals surface area contributed by atoms with E-state index >= 15 is 0 Å². The van der Waals surface area contributed by atoms with Gasteiger partial charge in [-0.25, -0.2) is 0 Å². The minimum Gasteiger partial charge on any atom is -0.388 e. The maximum atomic E-state index is 3.31. The zero-order chi connectivity index (χ0) is 13.4. The number of hydrogen-bond acceptors (Lipinski definition) is 1. The van der Waals surface area contributed by atoms with Gasteiger partial charge in [-0.15, -0.1) is 0 Å². The Morgan fingerprint density at radius 3 is 2.33 bits per heavy atom. The number of hydrogen-bond donors (Lipinski definition) is 1. The van der Waals surface area contributed by atoms with Crippen molar-refractivity contribution in [1.29, 1.82) is 0 Å². The van der Waals surface area contributed by atoms with Crippen molar-refractivity contribution >= 4 is 11.3 Å². The molecule has 0 amide bonds. The summed E-state index contributed by atoms with van der Waals surface area (Å²) in [7, 11) is 2.00. The highest BCUT2D eigenvalue weighted by molar-refractivity contribution is 5.77. The normalized spacial score (nSPS) is 21.3. The van der Waals surface area contributed by atoms with Crippen molar-refractivity contribution in [3.05, 3.63) is 35.9 Å². The van der Waals surface area contributed by atoms with E-state index in [2.05, 4.69) is 63.4 Å². The molecular weight excluding hydrogens is 218 g/mol. The van der Waals surface area contributed by atoms with Gasteiger partial charge in [-0.1, -0.05) is 52.0 Å². The third-order valence-electron chi connectivity index (χ3n) is 3.71. The van der Waals surface area contributed by atoms with Gasteiger partial charge in [0.2, 0.25) is 0 Å². The fraction of sp³-hybridized carbons (Fsp3) is 0.529. The number of benzene rings is 1. The highest BCUT2D eigenvalue weighted by Gasteiger charge is 2.33. The van der Waals surface area contributed by atoms with E-state index in [-0.39, 0.29) is 5.41 Å². The lowest BCUT2D eigenvalue weighted by Gasteiger charge is -2.39. The van der Waals surface area contributed by atoms with Crippen LogP contribution >= 0.6 is 0 Å². The van der Waals surface area contributed by atoms with Gasteiger partial charge in [0.25, 0.3) is 0 Å². The molecule has 2 rings (SSSR count). The summed E-state index contributed by atoms with van der Waals surface area (Å²) in [6, 6.07) is 8.61. The maximum Gasteiger partial charge on any atom is 0.0413 e. The number of anilines is 1. The summed E-state index contributed by atoms with van der Waals surface area (Å²) in [5, 5.41) is 3.31. The molecule has 1 aromatic rings. The topological polar surface area (TPSA) is 12.0 Å². The molecule has 0 saturated heterocycles. The van der Waals surface area contributed by atoms with Crippen LogP contribution in [0.3, 0.4) is 0 Å². The zero-order valence-corrected chi connectivity index (χ0v) is 12.3. The molecule has 1 heteroatoms. The lowest BCUT2D eigenvalue weighted by molar-refractivity contribution is 0.229. The summed E-state index contributed by atoms with van der Waals surface area (Å²) in [5.41, 5.74) is 4.76. The van der Waals surface area contributed by atoms with Gasteiger partial charge in [0.05, 0.1) is 0 Å². The van der Waals surface area contributed by atoms with Gasteiger partial charge in [0, 0.05) is 18.3 Å². The second-order valence-electron chi connectivity index (χ2n) is 6.97. The lowest BCUT2D eigenvalue weighted by atomic mass is 9.65. The fourth-order valence-corrected chi connectivity index (χ4v) is 3.54. The highest BCUT2D eigenvalue weighted by atomic mass is 14.8. The minimum atomic E-state index is 0.290. The molecule has 0 bridgehead atoms. The summed E-state index contributed by atoms with van der Waals surface area (Å²) in [5.74, 6) is 0. The van der Waals surface area contributed by atoms with Crippen molar-refractivity contribution < 1.29 is 0 Å². The van der Waals surface area contributed by atoms with Gasteiger partial charge in [0.15, 0.2) is 0 Å². The Morgan fingerprint density at radius 1 is 1.06 bits per heavy atom. The molecule has 0 aliphatic heterocycles. The van der Waals surface area contributed by atoms with E-state index in [0.29, 0.717) is 5.41 Å². The SMILES string of the molecule is CNc1ccccc1C1=CC(C)(C)CC(C)(C)C1. The molecule has 0 atom stereocenters. The van der Waals surface area contributed by atoms with Crippen molar-refractivity contribution in [1.82, 2.24) is 0 Å². The van der Waals surface area contributed by atoms with E-state index in [4.69, 9.17) is 0 Å². The predicted molar refractivity (Wildman–Crippen MR) is 80.8 cm³/mol. The summed E-state index contributed by atoms with van der Waals surface area (Å²) in [6.45, 7) is 9.44. The van der Waals surface area contributed by atoms with Crippen LogP contribution in [0.5, 0.6) is 0 Å². The van der Waals surface area contributed by atoms with E-state index in [1.807, 2.05) is 7.05 Å². The third-order valence-corrected chi connectivity index (χ3v) is 3.71. The van der Waals surface area contributed by atoms with Crippen LogP contribution in [0.2, 0.25) is 0 Å².